The van der Waals surface area contributed by atoms with E-state index in [0.717, 1.165) is 18.5 Å². The van der Waals surface area contributed by atoms with Crippen LogP contribution in [0.3, 0.4) is 0 Å². The summed E-state index contributed by atoms with van der Waals surface area (Å²) in [6, 6.07) is 2.25. The van der Waals surface area contributed by atoms with Crippen LogP contribution in [0.4, 0.5) is 0 Å². The lowest BCUT2D eigenvalue weighted by Crippen LogP contribution is -2.25. The van der Waals surface area contributed by atoms with Crippen molar-refractivity contribution in [2.75, 3.05) is 6.54 Å². The number of carbonyl (C=O) groups is 1. The second-order valence-electron chi connectivity index (χ2n) is 4.75. The quantitative estimate of drug-likeness (QED) is 0.788. The van der Waals surface area contributed by atoms with Crippen molar-refractivity contribution in [1.82, 2.24) is 9.78 Å². The van der Waals surface area contributed by atoms with E-state index < -0.39 is 0 Å². The molecule has 96 valence electrons. The summed E-state index contributed by atoms with van der Waals surface area (Å²) in [7, 11) is 0. The topological polar surface area (TPSA) is 60.9 Å². The Labute approximate surface area is 103 Å². The highest BCUT2D eigenvalue weighted by Crippen LogP contribution is 2.11. The molecule has 0 saturated carbocycles. The van der Waals surface area contributed by atoms with Gasteiger partial charge in [0.1, 0.15) is 5.78 Å². The van der Waals surface area contributed by atoms with E-state index in [1.54, 1.807) is 0 Å². The molecular formula is C13H23N3O. The molecule has 0 aliphatic rings. The molecule has 0 amide bonds. The summed E-state index contributed by atoms with van der Waals surface area (Å²) in [5.74, 6) is 0.201. The van der Waals surface area contributed by atoms with E-state index in [1.165, 1.54) is 0 Å². The van der Waals surface area contributed by atoms with Crippen LogP contribution < -0.4 is 5.73 Å². The molecule has 1 atom stereocenters. The number of hydrogen-bond acceptors (Lipinski definition) is 3. The van der Waals surface area contributed by atoms with Gasteiger partial charge in [-0.25, -0.2) is 0 Å². The van der Waals surface area contributed by atoms with Gasteiger partial charge >= 0.3 is 0 Å². The summed E-state index contributed by atoms with van der Waals surface area (Å²) in [5.41, 5.74) is 6.47. The molecule has 0 aliphatic heterocycles. The van der Waals surface area contributed by atoms with Crippen molar-refractivity contribution in [3.63, 3.8) is 0 Å². The molecule has 1 aromatic rings. The Kier molecular flexibility index (Phi) is 5.35. The minimum Gasteiger partial charge on any atom is -0.330 e. The van der Waals surface area contributed by atoms with Gasteiger partial charge in [0.25, 0.3) is 0 Å². The number of nitrogens with two attached hydrogens (primary N) is 1. The molecule has 1 unspecified atom stereocenters. The van der Waals surface area contributed by atoms with E-state index in [0.29, 0.717) is 19.0 Å². The van der Waals surface area contributed by atoms with Crippen LogP contribution in [0.1, 0.15) is 45.3 Å². The maximum absolute atomic E-state index is 12.0. The number of rotatable bonds is 7. The highest BCUT2D eigenvalue weighted by atomic mass is 16.1. The molecule has 1 aromatic heterocycles. The summed E-state index contributed by atoms with van der Waals surface area (Å²) in [4.78, 5) is 12.0. The zero-order valence-electron chi connectivity index (χ0n) is 11.0. The summed E-state index contributed by atoms with van der Waals surface area (Å²) >= 11 is 0. The maximum atomic E-state index is 12.0. The van der Waals surface area contributed by atoms with E-state index in [2.05, 4.69) is 25.9 Å². The highest BCUT2D eigenvalue weighted by Gasteiger charge is 2.17. The normalized spacial score (nSPS) is 13.0. The van der Waals surface area contributed by atoms with E-state index in [9.17, 15) is 4.79 Å². The standard InChI is InChI=1S/C13H23N3O/c1-4-5-11(9-14)13(17)8-12-6-7-16(15-12)10(2)3/h6-7,10-11H,4-5,8-9,14H2,1-3H3. The third kappa shape index (κ3) is 3.97. The molecule has 1 heterocycles. The third-order valence-corrected chi connectivity index (χ3v) is 2.92. The first-order chi connectivity index (χ1) is 8.08. The predicted octanol–water partition coefficient (Wildman–Crippen LogP) is 1.95. The van der Waals surface area contributed by atoms with Gasteiger partial charge in [-0.3, -0.25) is 9.48 Å². The van der Waals surface area contributed by atoms with Crippen LogP contribution >= 0.6 is 0 Å². The van der Waals surface area contributed by atoms with Gasteiger partial charge < -0.3 is 5.73 Å². The van der Waals surface area contributed by atoms with Crippen LogP contribution in [0.15, 0.2) is 12.3 Å². The molecule has 0 fully saturated rings. The second-order valence-corrected chi connectivity index (χ2v) is 4.75. The molecular weight excluding hydrogens is 214 g/mol. The Bertz CT molecular complexity index is 357. The Morgan fingerprint density at radius 1 is 1.53 bits per heavy atom. The maximum Gasteiger partial charge on any atom is 0.143 e. The van der Waals surface area contributed by atoms with Gasteiger partial charge in [-0.1, -0.05) is 13.3 Å². The van der Waals surface area contributed by atoms with Crippen LogP contribution in [0.2, 0.25) is 0 Å². The fraction of sp³-hybridized carbons (Fsp3) is 0.692. The van der Waals surface area contributed by atoms with Crippen molar-refractivity contribution in [1.29, 1.82) is 0 Å². The van der Waals surface area contributed by atoms with Gasteiger partial charge in [0.2, 0.25) is 0 Å². The van der Waals surface area contributed by atoms with E-state index >= 15 is 0 Å². The number of ketones is 1. The Balaban J connectivity index is 2.60. The summed E-state index contributed by atoms with van der Waals surface area (Å²) in [6.45, 7) is 6.65. The Morgan fingerprint density at radius 2 is 2.24 bits per heavy atom. The van der Waals surface area contributed by atoms with Crippen molar-refractivity contribution in [3.8, 4) is 0 Å². The van der Waals surface area contributed by atoms with Gasteiger partial charge in [0.15, 0.2) is 0 Å². The summed E-state index contributed by atoms with van der Waals surface area (Å²) < 4.78 is 1.87. The van der Waals surface area contributed by atoms with E-state index in [-0.39, 0.29) is 11.7 Å². The fourth-order valence-corrected chi connectivity index (χ4v) is 1.84. The van der Waals surface area contributed by atoms with Crippen LogP contribution in [-0.4, -0.2) is 22.1 Å². The van der Waals surface area contributed by atoms with Crippen molar-refractivity contribution in [2.24, 2.45) is 11.7 Å². The van der Waals surface area contributed by atoms with Gasteiger partial charge in [-0.2, -0.15) is 5.10 Å². The minimum absolute atomic E-state index is 0.0100. The molecule has 0 spiro atoms. The molecule has 0 aromatic carbocycles. The largest absolute Gasteiger partial charge is 0.330 e. The number of Topliss-reactive ketones (excluding diaryl/α,β-unsaturated/α-hetero) is 1. The smallest absolute Gasteiger partial charge is 0.143 e. The first-order valence-electron chi connectivity index (χ1n) is 6.35. The monoisotopic (exact) mass is 237 g/mol. The molecule has 0 radical (unpaired) electrons. The van der Waals surface area contributed by atoms with Crippen LogP contribution in [0, 0.1) is 5.92 Å². The Hall–Kier alpha value is -1.16. The lowest BCUT2D eigenvalue weighted by Gasteiger charge is -2.11. The molecule has 2 N–H and O–H groups in total. The predicted molar refractivity (Wildman–Crippen MR) is 68.8 cm³/mol. The lowest BCUT2D eigenvalue weighted by molar-refractivity contribution is -0.122. The molecule has 4 nitrogen and oxygen atoms in total. The van der Waals surface area contributed by atoms with Crippen LogP contribution in [0.25, 0.3) is 0 Å². The molecule has 0 saturated heterocycles. The van der Waals surface area contributed by atoms with E-state index in [1.807, 2.05) is 16.9 Å². The summed E-state index contributed by atoms with van der Waals surface area (Å²) in [5, 5.41) is 4.38. The first-order valence-corrected chi connectivity index (χ1v) is 6.35. The summed E-state index contributed by atoms with van der Waals surface area (Å²) in [6.07, 6.45) is 4.19. The van der Waals surface area contributed by atoms with Crippen molar-refractivity contribution < 1.29 is 4.79 Å². The first kappa shape index (κ1) is 13.9. The van der Waals surface area contributed by atoms with Gasteiger partial charge in [0.05, 0.1) is 12.1 Å². The minimum atomic E-state index is -0.0100. The van der Waals surface area contributed by atoms with Gasteiger partial charge in [-0.15, -0.1) is 0 Å². The lowest BCUT2D eigenvalue weighted by atomic mass is 9.96. The zero-order chi connectivity index (χ0) is 12.8. The number of carbonyl (C=O) groups excluding carboxylic acids is 1. The van der Waals surface area contributed by atoms with Crippen LogP contribution in [0.5, 0.6) is 0 Å². The Morgan fingerprint density at radius 3 is 2.71 bits per heavy atom. The zero-order valence-corrected chi connectivity index (χ0v) is 11.0. The average molecular weight is 237 g/mol. The van der Waals surface area contributed by atoms with Crippen molar-refractivity contribution >= 4 is 5.78 Å². The highest BCUT2D eigenvalue weighted by molar-refractivity contribution is 5.83. The van der Waals surface area contributed by atoms with Gasteiger partial charge in [-0.05, 0) is 26.3 Å². The molecule has 0 aliphatic carbocycles. The van der Waals surface area contributed by atoms with Gasteiger partial charge in [0, 0.05) is 24.7 Å². The molecule has 4 heteroatoms. The van der Waals surface area contributed by atoms with Crippen molar-refractivity contribution in [3.05, 3.63) is 18.0 Å². The van der Waals surface area contributed by atoms with Crippen LogP contribution in [-0.2, 0) is 11.2 Å². The van der Waals surface area contributed by atoms with Crippen molar-refractivity contribution in [2.45, 2.75) is 46.1 Å². The molecule has 1 rings (SSSR count). The molecule has 0 bridgehead atoms. The molecule has 17 heavy (non-hydrogen) atoms. The average Bonchev–Trinajstić information content (AvgIpc) is 2.74. The third-order valence-electron chi connectivity index (χ3n) is 2.92. The SMILES string of the molecule is CCCC(CN)C(=O)Cc1ccn(C(C)C)n1. The second kappa shape index (κ2) is 6.55. The number of hydrogen-bond donors (Lipinski definition) is 1. The number of nitrogens with zero attached hydrogens (tertiary/aromatic N) is 2. The number of aromatic nitrogens is 2. The fourth-order valence-electron chi connectivity index (χ4n) is 1.84. The van der Waals surface area contributed by atoms with E-state index in [4.69, 9.17) is 5.73 Å².